The van der Waals surface area contributed by atoms with E-state index in [0.717, 1.165) is 64.9 Å². The normalized spacial score (nSPS) is 14.6. The van der Waals surface area contributed by atoms with Crippen molar-refractivity contribution < 1.29 is 4.79 Å². The molecule has 0 unspecified atom stereocenters. The van der Waals surface area contributed by atoms with E-state index in [9.17, 15) is 4.79 Å². The van der Waals surface area contributed by atoms with Crippen molar-refractivity contribution in [1.29, 1.82) is 0 Å². The Bertz CT molecular complexity index is 1300. The number of amides is 1. The average molecular weight is 473 g/mol. The molecule has 5 rings (SSSR count). The zero-order valence-corrected chi connectivity index (χ0v) is 20.3. The van der Waals surface area contributed by atoms with Crippen molar-refractivity contribution in [3.63, 3.8) is 0 Å². The molecular weight excluding hydrogens is 444 g/mol. The molecule has 4 aromatic rings. The van der Waals surface area contributed by atoms with Gasteiger partial charge in [0.05, 0.1) is 17.0 Å². The number of thioether (sulfide) groups is 1. The predicted octanol–water partition coefficient (Wildman–Crippen LogP) is 4.05. The molecule has 3 heterocycles. The van der Waals surface area contributed by atoms with Crippen molar-refractivity contribution in [2.75, 3.05) is 39.0 Å². The van der Waals surface area contributed by atoms with Gasteiger partial charge in [0, 0.05) is 49.2 Å². The van der Waals surface area contributed by atoms with Crippen molar-refractivity contribution >= 4 is 28.6 Å². The molecule has 34 heavy (non-hydrogen) atoms. The van der Waals surface area contributed by atoms with Crippen LogP contribution in [0.2, 0.25) is 0 Å². The van der Waals surface area contributed by atoms with Gasteiger partial charge < -0.3 is 14.4 Å². The van der Waals surface area contributed by atoms with Crippen LogP contribution in [0.1, 0.15) is 6.92 Å². The van der Waals surface area contributed by atoms with E-state index in [1.54, 1.807) is 0 Å². The molecule has 1 saturated heterocycles. The number of rotatable bonds is 6. The smallest absolute Gasteiger partial charge is 0.233 e. The molecule has 1 fully saturated rings. The van der Waals surface area contributed by atoms with Crippen molar-refractivity contribution in [2.24, 2.45) is 0 Å². The highest BCUT2D eigenvalue weighted by Crippen LogP contribution is 2.33. The second-order valence-electron chi connectivity index (χ2n) is 8.46. The Balaban J connectivity index is 1.46. The highest BCUT2D eigenvalue weighted by Gasteiger charge is 2.22. The number of fused-ring (bicyclic) bond motifs is 1. The van der Waals surface area contributed by atoms with Gasteiger partial charge in [0.25, 0.3) is 0 Å². The summed E-state index contributed by atoms with van der Waals surface area (Å²) in [4.78, 5) is 21.8. The third-order valence-corrected chi connectivity index (χ3v) is 7.19. The van der Waals surface area contributed by atoms with E-state index >= 15 is 0 Å². The van der Waals surface area contributed by atoms with Crippen LogP contribution in [0.3, 0.4) is 0 Å². The number of pyridine rings is 1. The minimum Gasteiger partial charge on any atom is -0.339 e. The first-order valence-electron chi connectivity index (χ1n) is 11.6. The number of likely N-dealkylation sites (N-methyl/N-ethyl adjacent to an activating group) is 1. The molecule has 0 N–H and O–H groups in total. The van der Waals surface area contributed by atoms with E-state index in [1.165, 1.54) is 11.8 Å². The molecule has 1 aliphatic heterocycles. The number of benzene rings is 2. The number of hydrogen-bond acceptors (Lipinski definition) is 6. The van der Waals surface area contributed by atoms with Crippen LogP contribution in [0.4, 0.5) is 0 Å². The fourth-order valence-corrected chi connectivity index (χ4v) is 5.18. The second kappa shape index (κ2) is 9.95. The van der Waals surface area contributed by atoms with E-state index < -0.39 is 0 Å². The minimum absolute atomic E-state index is 0.158. The van der Waals surface area contributed by atoms with Crippen LogP contribution in [0.25, 0.3) is 33.5 Å². The third-order valence-electron chi connectivity index (χ3n) is 6.24. The summed E-state index contributed by atoms with van der Waals surface area (Å²) >= 11 is 1.46. The Kier molecular flexibility index (Phi) is 6.60. The Morgan fingerprint density at radius 1 is 0.971 bits per heavy atom. The molecule has 0 radical (unpaired) electrons. The maximum absolute atomic E-state index is 12.8. The molecular formula is C26H28N6OS. The molecule has 2 aromatic carbocycles. The molecule has 2 aromatic heterocycles. The first kappa shape index (κ1) is 22.6. The van der Waals surface area contributed by atoms with E-state index in [4.69, 9.17) is 4.98 Å². The largest absolute Gasteiger partial charge is 0.339 e. The van der Waals surface area contributed by atoms with Crippen LogP contribution in [0.15, 0.2) is 65.8 Å². The Morgan fingerprint density at radius 2 is 1.71 bits per heavy atom. The zero-order valence-electron chi connectivity index (χ0n) is 19.5. The van der Waals surface area contributed by atoms with Crippen molar-refractivity contribution in [3.8, 4) is 22.6 Å². The fourth-order valence-electron chi connectivity index (χ4n) is 4.27. The lowest BCUT2D eigenvalue weighted by Crippen LogP contribution is -2.47. The summed E-state index contributed by atoms with van der Waals surface area (Å²) in [5.74, 6) is 1.33. The number of para-hydroxylation sites is 1. The molecule has 0 atom stereocenters. The maximum Gasteiger partial charge on any atom is 0.233 e. The molecule has 0 bridgehead atoms. The lowest BCUT2D eigenvalue weighted by Gasteiger charge is -2.32. The number of carbonyl (C=O) groups excluding carboxylic acids is 1. The van der Waals surface area contributed by atoms with Crippen LogP contribution in [-0.4, -0.2) is 74.4 Å². The summed E-state index contributed by atoms with van der Waals surface area (Å²) in [6.07, 6.45) is 0. The summed E-state index contributed by atoms with van der Waals surface area (Å²) in [5.41, 5.74) is 3.88. The molecule has 0 saturated carbocycles. The van der Waals surface area contributed by atoms with E-state index in [-0.39, 0.29) is 5.91 Å². The van der Waals surface area contributed by atoms with Crippen molar-refractivity contribution in [2.45, 2.75) is 18.6 Å². The SMILES string of the molecule is CCn1c(SCC(=O)N2CCN(C)CC2)nnc1-c1cc(-c2ccccc2)nc2ccccc12. The summed E-state index contributed by atoms with van der Waals surface area (Å²) in [6, 6.07) is 20.4. The summed E-state index contributed by atoms with van der Waals surface area (Å²) in [6.45, 7) is 6.21. The average Bonchev–Trinajstić information content (AvgIpc) is 3.30. The van der Waals surface area contributed by atoms with Gasteiger partial charge in [-0.2, -0.15) is 0 Å². The Morgan fingerprint density at radius 3 is 2.47 bits per heavy atom. The third kappa shape index (κ3) is 4.56. The van der Waals surface area contributed by atoms with Crippen molar-refractivity contribution in [1.82, 2.24) is 29.5 Å². The predicted molar refractivity (Wildman–Crippen MR) is 137 cm³/mol. The van der Waals surface area contributed by atoms with Gasteiger partial charge in [-0.05, 0) is 26.1 Å². The van der Waals surface area contributed by atoms with Crippen LogP contribution in [0, 0.1) is 0 Å². The van der Waals surface area contributed by atoms with E-state index in [2.05, 4.69) is 57.9 Å². The first-order chi connectivity index (χ1) is 16.6. The summed E-state index contributed by atoms with van der Waals surface area (Å²) < 4.78 is 2.10. The van der Waals surface area contributed by atoms with Gasteiger partial charge in [0.15, 0.2) is 11.0 Å². The van der Waals surface area contributed by atoms with Crippen LogP contribution in [-0.2, 0) is 11.3 Å². The summed E-state index contributed by atoms with van der Waals surface area (Å²) in [7, 11) is 2.09. The topological polar surface area (TPSA) is 67.2 Å². The van der Waals surface area contributed by atoms with Gasteiger partial charge in [-0.25, -0.2) is 4.98 Å². The van der Waals surface area contributed by atoms with Crippen LogP contribution in [0.5, 0.6) is 0 Å². The highest BCUT2D eigenvalue weighted by molar-refractivity contribution is 7.99. The number of carbonyl (C=O) groups is 1. The standard InChI is InChI=1S/C26H28N6OS/c1-3-32-25(28-29-26(32)34-18-24(33)31-15-13-30(2)14-16-31)21-17-23(19-9-5-4-6-10-19)27-22-12-8-7-11-20(21)22/h4-12,17H,3,13-16,18H2,1-2H3. The molecule has 7 nitrogen and oxygen atoms in total. The van der Waals surface area contributed by atoms with Gasteiger partial charge in [0.1, 0.15) is 0 Å². The number of aromatic nitrogens is 4. The van der Waals surface area contributed by atoms with Gasteiger partial charge >= 0.3 is 0 Å². The quantitative estimate of drug-likeness (QED) is 0.395. The van der Waals surface area contributed by atoms with Crippen LogP contribution >= 0.6 is 11.8 Å². The lowest BCUT2D eigenvalue weighted by atomic mass is 10.0. The fraction of sp³-hybridized carbons (Fsp3) is 0.308. The molecule has 0 spiro atoms. The highest BCUT2D eigenvalue weighted by atomic mass is 32.2. The second-order valence-corrected chi connectivity index (χ2v) is 9.40. The Hall–Kier alpha value is -3.23. The number of piperazine rings is 1. The molecule has 1 amide bonds. The Labute approximate surface area is 203 Å². The number of nitrogens with zero attached hydrogens (tertiary/aromatic N) is 6. The number of hydrogen-bond donors (Lipinski definition) is 0. The van der Waals surface area contributed by atoms with Gasteiger partial charge in [0.2, 0.25) is 5.91 Å². The minimum atomic E-state index is 0.158. The van der Waals surface area contributed by atoms with Crippen molar-refractivity contribution in [3.05, 3.63) is 60.7 Å². The van der Waals surface area contributed by atoms with E-state index in [0.29, 0.717) is 12.3 Å². The molecule has 1 aliphatic rings. The van der Waals surface area contributed by atoms with Gasteiger partial charge in [-0.15, -0.1) is 10.2 Å². The monoisotopic (exact) mass is 472 g/mol. The van der Waals surface area contributed by atoms with Gasteiger partial charge in [-0.1, -0.05) is 60.3 Å². The molecule has 8 heteroatoms. The maximum atomic E-state index is 12.8. The molecule has 0 aliphatic carbocycles. The van der Waals surface area contributed by atoms with E-state index in [1.807, 2.05) is 41.3 Å². The van der Waals surface area contributed by atoms with Crippen LogP contribution < -0.4 is 0 Å². The summed E-state index contributed by atoms with van der Waals surface area (Å²) in [5, 5.41) is 10.9. The molecule has 174 valence electrons. The first-order valence-corrected chi connectivity index (χ1v) is 12.6. The lowest BCUT2D eigenvalue weighted by molar-refractivity contribution is -0.129. The zero-order chi connectivity index (χ0) is 23.5. The van der Waals surface area contributed by atoms with Gasteiger partial charge in [-0.3, -0.25) is 4.79 Å².